The third-order valence-electron chi connectivity index (χ3n) is 3.91. The van der Waals surface area contributed by atoms with E-state index >= 15 is 0 Å². The summed E-state index contributed by atoms with van der Waals surface area (Å²) in [7, 11) is 9.78. The second-order valence-electron chi connectivity index (χ2n) is 5.81. The number of nitrogens with zero attached hydrogens (tertiary/aromatic N) is 2. The molecule has 0 aliphatic carbocycles. The molecule has 0 spiro atoms. The minimum atomic E-state index is -0.556. The van der Waals surface area contributed by atoms with Crippen LogP contribution in [0.5, 0.6) is 0 Å². The van der Waals surface area contributed by atoms with Gasteiger partial charge in [-0.05, 0) is 20.8 Å². The van der Waals surface area contributed by atoms with Gasteiger partial charge in [-0.3, -0.25) is 0 Å². The molecule has 0 aromatic heterocycles. The predicted molar refractivity (Wildman–Crippen MR) is 111 cm³/mol. The quantitative estimate of drug-likeness (QED) is 0.379. The molecule has 3 aromatic rings. The van der Waals surface area contributed by atoms with Crippen molar-refractivity contribution in [3.63, 3.8) is 0 Å². The number of hydrogen-bond acceptors (Lipinski definition) is 0. The number of hydrogen-bond donors (Lipinski definition) is 0. The summed E-state index contributed by atoms with van der Waals surface area (Å²) in [5, 5.41) is 9.67. The third kappa shape index (κ3) is 5.79. The van der Waals surface area contributed by atoms with Crippen LogP contribution in [0.15, 0.2) is 66.7 Å². The number of rotatable bonds is 4. The first-order valence-electron chi connectivity index (χ1n) is 8.17. The molecule has 0 aliphatic heterocycles. The molecule has 134 valence electrons. The van der Waals surface area contributed by atoms with Gasteiger partial charge >= 0.3 is 35.6 Å². The number of halogens is 2. The molecule has 5 heteroatoms. The van der Waals surface area contributed by atoms with E-state index in [0.717, 1.165) is 28.3 Å². The average molecular weight is 419 g/mol. The second-order valence-corrected chi connectivity index (χ2v) is 8.39. The van der Waals surface area contributed by atoms with Crippen molar-refractivity contribution in [2.24, 2.45) is 0 Å². The standard InChI is InChI=1S/C21H20N2.2ClH.Ti/c1-15-9-4-5-12-18(15)22-19-13-6-7-14-20(19)23-21-16(2)10-8-11-17(21)3;;;/h4-14H,1-3H3;2*1H;/q-2;;;+2/p-2. The minimum absolute atomic E-state index is 0.556. The Hall–Kier alpha value is -1.45. The van der Waals surface area contributed by atoms with E-state index in [4.69, 9.17) is 29.2 Å². The molecule has 0 atom stereocenters. The third-order valence-corrected chi connectivity index (χ3v) is 3.91. The van der Waals surface area contributed by atoms with Crippen LogP contribution in [0.1, 0.15) is 16.7 Å². The van der Waals surface area contributed by atoms with Crippen LogP contribution in [0.2, 0.25) is 0 Å². The van der Waals surface area contributed by atoms with Crippen LogP contribution < -0.4 is 0 Å². The van der Waals surface area contributed by atoms with Crippen LogP contribution in [0.3, 0.4) is 0 Å². The summed E-state index contributed by atoms with van der Waals surface area (Å²) < 4.78 is 0. The summed E-state index contributed by atoms with van der Waals surface area (Å²) in [4.78, 5) is 0. The van der Waals surface area contributed by atoms with Gasteiger partial charge in [-0.25, -0.2) is 0 Å². The Morgan fingerprint density at radius 2 is 1.00 bits per heavy atom. The van der Waals surface area contributed by atoms with Crippen molar-refractivity contribution >= 4 is 41.4 Å². The molecule has 0 heterocycles. The van der Waals surface area contributed by atoms with Gasteiger partial charge in [0, 0.05) is 0 Å². The molecular formula is C21H20Cl2N2Ti-2. The molecule has 0 unspecified atom stereocenters. The Morgan fingerprint density at radius 1 is 0.577 bits per heavy atom. The van der Waals surface area contributed by atoms with Crippen molar-refractivity contribution in [3.05, 3.63) is 94.1 Å². The Kier molecular flexibility index (Phi) is 8.54. The van der Waals surface area contributed by atoms with Gasteiger partial charge < -0.3 is 10.6 Å². The predicted octanol–water partition coefficient (Wildman–Crippen LogP) is 8.66. The summed E-state index contributed by atoms with van der Waals surface area (Å²) in [6.07, 6.45) is 0. The summed E-state index contributed by atoms with van der Waals surface area (Å²) in [6, 6.07) is 22.4. The molecule has 0 fully saturated rings. The van der Waals surface area contributed by atoms with E-state index < -0.39 is 17.0 Å². The molecule has 0 bridgehead atoms. The zero-order valence-electron chi connectivity index (χ0n) is 15.0. The topological polar surface area (TPSA) is 28.2 Å². The molecule has 0 saturated carbocycles. The molecule has 0 N–H and O–H groups in total. The number of benzene rings is 3. The van der Waals surface area contributed by atoms with Crippen molar-refractivity contribution in [2.75, 3.05) is 0 Å². The van der Waals surface area contributed by atoms with E-state index in [2.05, 4.69) is 45.0 Å². The van der Waals surface area contributed by atoms with Crippen LogP contribution in [-0.2, 0) is 17.0 Å². The SMILES string of the molecule is Cc1ccccc1[N-]c1ccccc1[N-]c1c(C)cccc1C.[Cl][Ti][Cl]. The molecule has 0 saturated heterocycles. The van der Waals surface area contributed by atoms with Gasteiger partial charge in [-0.2, -0.15) is 11.4 Å². The molecule has 3 aromatic carbocycles. The number of aryl methyl sites for hydroxylation is 3. The van der Waals surface area contributed by atoms with Crippen LogP contribution >= 0.6 is 18.6 Å². The molecular weight excluding hydrogens is 399 g/mol. The van der Waals surface area contributed by atoms with Crippen molar-refractivity contribution in [1.29, 1.82) is 0 Å². The summed E-state index contributed by atoms with van der Waals surface area (Å²) in [5.74, 6) is 0. The molecule has 2 nitrogen and oxygen atoms in total. The van der Waals surface area contributed by atoms with Gasteiger partial charge in [0.05, 0.1) is 0 Å². The van der Waals surface area contributed by atoms with Gasteiger partial charge in [0.2, 0.25) is 0 Å². The molecule has 0 radical (unpaired) electrons. The van der Waals surface area contributed by atoms with E-state index in [0.29, 0.717) is 0 Å². The maximum atomic E-state index is 4.89. The maximum absolute atomic E-state index is 4.89. The molecule has 0 aliphatic rings. The first kappa shape index (κ1) is 20.9. The first-order chi connectivity index (χ1) is 12.6. The molecule has 0 amide bonds. The van der Waals surface area contributed by atoms with Crippen molar-refractivity contribution in [3.8, 4) is 0 Å². The van der Waals surface area contributed by atoms with E-state index in [1.54, 1.807) is 0 Å². The second kappa shape index (κ2) is 10.6. The Bertz CT molecular complexity index is 833. The summed E-state index contributed by atoms with van der Waals surface area (Å²) in [5.41, 5.74) is 7.31. The molecule has 26 heavy (non-hydrogen) atoms. The van der Waals surface area contributed by atoms with Gasteiger partial charge in [0.1, 0.15) is 0 Å². The fraction of sp³-hybridized carbons (Fsp3) is 0.143. The number of para-hydroxylation sites is 4. The Balaban J connectivity index is 0.000000758. The van der Waals surface area contributed by atoms with E-state index in [1.807, 2.05) is 42.5 Å². The van der Waals surface area contributed by atoms with Crippen LogP contribution in [0, 0.1) is 20.8 Å². The normalized spacial score (nSPS) is 9.73. The fourth-order valence-electron chi connectivity index (χ4n) is 2.57. The van der Waals surface area contributed by atoms with Crippen LogP contribution in [0.25, 0.3) is 10.6 Å². The van der Waals surface area contributed by atoms with E-state index in [1.165, 1.54) is 11.1 Å². The zero-order valence-corrected chi connectivity index (χ0v) is 18.1. The van der Waals surface area contributed by atoms with Crippen molar-refractivity contribution in [2.45, 2.75) is 20.8 Å². The monoisotopic (exact) mass is 418 g/mol. The van der Waals surface area contributed by atoms with Crippen LogP contribution in [-0.4, -0.2) is 0 Å². The van der Waals surface area contributed by atoms with Crippen molar-refractivity contribution in [1.82, 2.24) is 0 Å². The molecule has 3 rings (SSSR count). The fourth-order valence-corrected chi connectivity index (χ4v) is 2.57. The van der Waals surface area contributed by atoms with Gasteiger partial charge in [0.25, 0.3) is 0 Å². The van der Waals surface area contributed by atoms with E-state index in [-0.39, 0.29) is 0 Å². The average Bonchev–Trinajstić information content (AvgIpc) is 2.62. The zero-order chi connectivity index (χ0) is 18.9. The van der Waals surface area contributed by atoms with Gasteiger partial charge in [-0.1, -0.05) is 83.4 Å². The Morgan fingerprint density at radius 3 is 1.54 bits per heavy atom. The van der Waals surface area contributed by atoms with Gasteiger partial charge in [0.15, 0.2) is 0 Å². The Labute approximate surface area is 172 Å². The van der Waals surface area contributed by atoms with Crippen LogP contribution in [0.4, 0.5) is 22.7 Å². The first-order valence-corrected chi connectivity index (χ1v) is 12.5. The summed E-state index contributed by atoms with van der Waals surface area (Å²) >= 11 is -0.556. The van der Waals surface area contributed by atoms with E-state index in [9.17, 15) is 0 Å². The van der Waals surface area contributed by atoms with Crippen molar-refractivity contribution < 1.29 is 17.0 Å². The summed E-state index contributed by atoms with van der Waals surface area (Å²) in [6.45, 7) is 6.25. The van der Waals surface area contributed by atoms with Gasteiger partial charge in [-0.15, -0.1) is 11.4 Å².